The fourth-order valence-electron chi connectivity index (χ4n) is 3.28. The maximum atomic E-state index is 13.1. The summed E-state index contributed by atoms with van der Waals surface area (Å²) in [6, 6.07) is -2.04. The van der Waals surface area contributed by atoms with Crippen molar-refractivity contribution in [3.8, 4) is 0 Å². The Hall–Kier alpha value is -1.82. The normalized spacial score (nSPS) is 24.4. The van der Waals surface area contributed by atoms with Crippen molar-refractivity contribution < 1.29 is 57.2 Å². The first-order valence-electron chi connectivity index (χ1n) is 10.3. The molecule has 1 amide bonds. The number of methoxy groups -OCH3 is 1. The highest BCUT2D eigenvalue weighted by atomic mass is 32.5. The summed E-state index contributed by atoms with van der Waals surface area (Å²) < 4.78 is 38.8. The van der Waals surface area contributed by atoms with E-state index < -0.39 is 74.2 Å². The summed E-state index contributed by atoms with van der Waals surface area (Å²) in [5.74, 6) is -3.00. The van der Waals surface area contributed by atoms with Crippen LogP contribution in [0.15, 0.2) is 15.8 Å². The van der Waals surface area contributed by atoms with E-state index in [2.05, 4.69) is 4.98 Å². The molecule has 20 heteroatoms. The number of hydrogen-bond acceptors (Lipinski definition) is 11. The van der Waals surface area contributed by atoms with Gasteiger partial charge in [0.05, 0.1) is 19.4 Å². The SMILES string of the molecule is COCCOC1C(OP(O)(=S)OC)C(C(=O)N[C@H](CP(=O)(O)O)C(=O)O)OC1n1cc(C)c(=O)[nH]c1=O. The minimum atomic E-state index is -4.88. The number of hydrogen-bond donors (Lipinski definition) is 6. The molecule has 6 N–H and O–H groups in total. The van der Waals surface area contributed by atoms with Crippen LogP contribution in [-0.2, 0) is 49.2 Å². The number of H-pyrrole nitrogens is 1. The summed E-state index contributed by atoms with van der Waals surface area (Å²) in [6.45, 7) is -2.74. The number of rotatable bonds is 13. The van der Waals surface area contributed by atoms with E-state index in [-0.39, 0.29) is 18.8 Å². The maximum Gasteiger partial charge on any atom is 0.330 e. The van der Waals surface area contributed by atoms with Gasteiger partial charge in [0.2, 0.25) is 0 Å². The molecule has 5 unspecified atom stereocenters. The second kappa shape index (κ2) is 12.8. The zero-order valence-electron chi connectivity index (χ0n) is 19.7. The number of carbonyl (C=O) groups is 2. The van der Waals surface area contributed by atoms with Crippen LogP contribution in [0, 0.1) is 6.92 Å². The van der Waals surface area contributed by atoms with Crippen molar-refractivity contribution in [1.82, 2.24) is 14.9 Å². The summed E-state index contributed by atoms with van der Waals surface area (Å²) in [5.41, 5.74) is -1.56. The average molecular weight is 591 g/mol. The van der Waals surface area contributed by atoms with Gasteiger partial charge in [-0.15, -0.1) is 0 Å². The minimum Gasteiger partial charge on any atom is -0.480 e. The molecule has 210 valence electrons. The van der Waals surface area contributed by atoms with Crippen LogP contribution < -0.4 is 16.6 Å². The quantitative estimate of drug-likeness (QED) is 0.105. The molecule has 1 aliphatic rings. The maximum absolute atomic E-state index is 13.1. The van der Waals surface area contributed by atoms with Crippen molar-refractivity contribution in [1.29, 1.82) is 0 Å². The van der Waals surface area contributed by atoms with Crippen molar-refractivity contribution in [3.63, 3.8) is 0 Å². The Bertz CT molecular complexity index is 1200. The standard InChI is InChI=1S/C17H27N3O14P2S/c1-8-6-20(17(25)19-13(8)21)15-12(32-5-4-30-2)10(34-36(29,37)31-3)11(33-15)14(22)18-9(16(23)24)7-35(26,27)28/h6,9-12,15H,4-5,7H2,1-3H3,(H,18,22)(H,23,24)(H,29,37)(H,19,21,25)(H2,26,27,28)/t9-,10?,11?,12?,15?,36?/m1/s1. The van der Waals surface area contributed by atoms with E-state index in [1.807, 2.05) is 5.32 Å². The van der Waals surface area contributed by atoms with Crippen molar-refractivity contribution in [2.45, 2.75) is 37.5 Å². The van der Waals surface area contributed by atoms with Crippen LogP contribution in [0.2, 0.25) is 0 Å². The Morgan fingerprint density at radius 3 is 2.43 bits per heavy atom. The van der Waals surface area contributed by atoms with Crippen LogP contribution in [0.1, 0.15) is 11.8 Å². The van der Waals surface area contributed by atoms with Gasteiger partial charge in [-0.2, -0.15) is 0 Å². The van der Waals surface area contributed by atoms with Crippen LogP contribution >= 0.6 is 14.3 Å². The van der Waals surface area contributed by atoms with Gasteiger partial charge in [-0.05, 0) is 18.7 Å². The second-order valence-electron chi connectivity index (χ2n) is 7.72. The number of aromatic amines is 1. The number of carboxylic acids is 1. The molecule has 1 aromatic rings. The topological polar surface area (TPSA) is 245 Å². The number of amides is 1. The Kier molecular flexibility index (Phi) is 10.9. The lowest BCUT2D eigenvalue weighted by Gasteiger charge is -2.27. The average Bonchev–Trinajstić information content (AvgIpc) is 3.12. The van der Waals surface area contributed by atoms with Crippen molar-refractivity contribution >= 4 is 38.0 Å². The Morgan fingerprint density at radius 2 is 1.89 bits per heavy atom. The number of carbonyl (C=O) groups excluding carboxylic acids is 1. The van der Waals surface area contributed by atoms with Crippen LogP contribution in [0.5, 0.6) is 0 Å². The monoisotopic (exact) mass is 591 g/mol. The zero-order chi connectivity index (χ0) is 28.1. The fourth-order valence-corrected chi connectivity index (χ4v) is 4.93. The number of ether oxygens (including phenoxy) is 3. The summed E-state index contributed by atoms with van der Waals surface area (Å²) in [5, 5.41) is 11.3. The highest BCUT2D eigenvalue weighted by Crippen LogP contribution is 2.48. The molecular weight excluding hydrogens is 564 g/mol. The molecule has 0 saturated carbocycles. The predicted molar refractivity (Wildman–Crippen MR) is 126 cm³/mol. The molecule has 0 aliphatic carbocycles. The smallest absolute Gasteiger partial charge is 0.330 e. The van der Waals surface area contributed by atoms with Gasteiger partial charge >= 0.3 is 26.0 Å². The molecule has 1 aromatic heterocycles. The zero-order valence-corrected chi connectivity index (χ0v) is 22.3. The van der Waals surface area contributed by atoms with Crippen LogP contribution in [0.4, 0.5) is 0 Å². The highest BCUT2D eigenvalue weighted by Gasteiger charge is 2.53. The van der Waals surface area contributed by atoms with Gasteiger partial charge < -0.3 is 43.8 Å². The first kappa shape index (κ1) is 31.4. The number of aromatic nitrogens is 2. The number of carboxylic acid groups (broad SMARTS) is 1. The van der Waals surface area contributed by atoms with E-state index in [1.54, 1.807) is 0 Å². The highest BCUT2D eigenvalue weighted by molar-refractivity contribution is 8.07. The molecule has 0 radical (unpaired) electrons. The van der Waals surface area contributed by atoms with Gasteiger partial charge in [-0.3, -0.25) is 28.2 Å². The number of nitrogens with one attached hydrogen (secondary N) is 2. The van der Waals surface area contributed by atoms with E-state index in [9.17, 15) is 33.7 Å². The molecule has 0 spiro atoms. The molecule has 17 nitrogen and oxygen atoms in total. The molecule has 37 heavy (non-hydrogen) atoms. The van der Waals surface area contributed by atoms with Gasteiger partial charge in [0.25, 0.3) is 11.5 Å². The fraction of sp³-hybridized carbons (Fsp3) is 0.647. The predicted octanol–water partition coefficient (Wildman–Crippen LogP) is -2.23. The molecule has 2 rings (SSSR count). The Labute approximate surface area is 214 Å². The third-order valence-electron chi connectivity index (χ3n) is 4.99. The van der Waals surface area contributed by atoms with Crippen molar-refractivity contribution in [2.75, 3.05) is 33.6 Å². The summed E-state index contributed by atoms with van der Waals surface area (Å²) >= 11 is 4.87. The molecule has 1 saturated heterocycles. The van der Waals surface area contributed by atoms with Gasteiger partial charge in [0, 0.05) is 26.0 Å². The van der Waals surface area contributed by atoms with Crippen LogP contribution in [0.25, 0.3) is 0 Å². The van der Waals surface area contributed by atoms with Crippen molar-refractivity contribution in [3.05, 3.63) is 32.6 Å². The lowest BCUT2D eigenvalue weighted by molar-refractivity contribution is -0.145. The number of aryl methyl sites for hydroxylation is 1. The van der Waals surface area contributed by atoms with E-state index in [1.165, 1.54) is 14.0 Å². The second-order valence-corrected chi connectivity index (χ2v) is 12.3. The van der Waals surface area contributed by atoms with Crippen LogP contribution in [0.3, 0.4) is 0 Å². The third-order valence-corrected chi connectivity index (χ3v) is 7.50. The molecule has 0 bridgehead atoms. The van der Waals surface area contributed by atoms with Crippen LogP contribution in [-0.4, -0.2) is 99.2 Å². The van der Waals surface area contributed by atoms with E-state index >= 15 is 0 Å². The molecule has 1 fully saturated rings. The minimum absolute atomic E-state index is 0.0350. The van der Waals surface area contributed by atoms with E-state index in [0.29, 0.717) is 0 Å². The van der Waals surface area contributed by atoms with Gasteiger partial charge in [-0.1, -0.05) is 0 Å². The molecule has 6 atom stereocenters. The van der Waals surface area contributed by atoms with E-state index in [4.69, 9.17) is 44.9 Å². The van der Waals surface area contributed by atoms with Gasteiger partial charge in [-0.25, -0.2) is 9.59 Å². The number of nitrogens with zero attached hydrogens (tertiary/aromatic N) is 1. The molecular formula is C17H27N3O14P2S. The van der Waals surface area contributed by atoms with Crippen molar-refractivity contribution in [2.24, 2.45) is 0 Å². The summed E-state index contributed by atoms with van der Waals surface area (Å²) in [7, 11) is -2.48. The first-order valence-corrected chi connectivity index (χ1v) is 14.7. The number of aliphatic carboxylic acids is 1. The summed E-state index contributed by atoms with van der Waals surface area (Å²) in [4.78, 5) is 79.7. The van der Waals surface area contributed by atoms with Gasteiger partial charge in [0.1, 0.15) is 18.2 Å². The molecule has 1 aliphatic heterocycles. The third kappa shape index (κ3) is 8.59. The molecule has 2 heterocycles. The lowest BCUT2D eigenvalue weighted by atomic mass is 10.1. The Morgan fingerprint density at radius 1 is 1.24 bits per heavy atom. The van der Waals surface area contributed by atoms with Gasteiger partial charge in [0.15, 0.2) is 12.3 Å². The largest absolute Gasteiger partial charge is 0.480 e. The lowest BCUT2D eigenvalue weighted by Crippen LogP contribution is -2.51. The van der Waals surface area contributed by atoms with E-state index in [0.717, 1.165) is 17.9 Å². The first-order chi connectivity index (χ1) is 17.1. The molecule has 0 aromatic carbocycles. The summed E-state index contributed by atoms with van der Waals surface area (Å²) in [6.07, 6.45) is -6.45. The Balaban J connectivity index is 2.55.